The molecule has 0 radical (unpaired) electrons. The first kappa shape index (κ1) is 21.1. The molecule has 160 valence electrons. The number of thioether (sulfide) groups is 1. The fourth-order valence-corrected chi connectivity index (χ4v) is 4.11. The zero-order valence-electron chi connectivity index (χ0n) is 17.6. The molecule has 0 bridgehead atoms. The second kappa shape index (κ2) is 9.34. The Balaban J connectivity index is 1.36. The minimum Gasteiger partial charge on any atom is -0.307 e. The molecule has 31 heavy (non-hydrogen) atoms. The predicted octanol–water partition coefficient (Wildman–Crippen LogP) is 4.26. The van der Waals surface area contributed by atoms with Crippen molar-refractivity contribution in [2.45, 2.75) is 44.3 Å². The molecule has 0 spiro atoms. The SMILES string of the molecule is Cc1ccc(NC(=O)NC(=O)CSc2nnc(C3CC3)n2Cc2ccccc2)c(C)c1. The minimum absolute atomic E-state index is 0.0812. The van der Waals surface area contributed by atoms with Crippen molar-refractivity contribution in [3.8, 4) is 0 Å². The number of hydrogen-bond acceptors (Lipinski definition) is 5. The van der Waals surface area contributed by atoms with Crippen molar-refractivity contribution in [1.82, 2.24) is 20.1 Å². The minimum atomic E-state index is -0.540. The Bertz CT molecular complexity index is 1090. The molecule has 1 aliphatic carbocycles. The molecule has 1 aromatic heterocycles. The van der Waals surface area contributed by atoms with Gasteiger partial charge in [0.2, 0.25) is 5.91 Å². The summed E-state index contributed by atoms with van der Waals surface area (Å²) in [6.07, 6.45) is 2.24. The third kappa shape index (κ3) is 5.52. The number of aryl methyl sites for hydroxylation is 2. The van der Waals surface area contributed by atoms with Gasteiger partial charge in [-0.15, -0.1) is 10.2 Å². The van der Waals surface area contributed by atoms with E-state index in [0.717, 1.165) is 35.4 Å². The van der Waals surface area contributed by atoms with E-state index in [0.29, 0.717) is 23.3 Å². The number of nitrogens with zero attached hydrogens (tertiary/aromatic N) is 3. The van der Waals surface area contributed by atoms with Gasteiger partial charge < -0.3 is 9.88 Å². The van der Waals surface area contributed by atoms with Crippen LogP contribution in [-0.2, 0) is 11.3 Å². The van der Waals surface area contributed by atoms with Crippen molar-refractivity contribution in [1.29, 1.82) is 0 Å². The van der Waals surface area contributed by atoms with E-state index >= 15 is 0 Å². The summed E-state index contributed by atoms with van der Waals surface area (Å²) in [5, 5.41) is 14.5. The van der Waals surface area contributed by atoms with Crippen LogP contribution in [0.5, 0.6) is 0 Å². The van der Waals surface area contributed by atoms with Crippen LogP contribution in [0.2, 0.25) is 0 Å². The molecule has 2 N–H and O–H groups in total. The third-order valence-electron chi connectivity index (χ3n) is 5.09. The number of aromatic nitrogens is 3. The van der Waals surface area contributed by atoms with Crippen molar-refractivity contribution in [3.05, 3.63) is 71.0 Å². The van der Waals surface area contributed by atoms with Crippen LogP contribution in [0.4, 0.5) is 10.5 Å². The first-order valence-corrected chi connectivity index (χ1v) is 11.3. The number of imide groups is 1. The van der Waals surface area contributed by atoms with E-state index in [1.807, 2.05) is 50.2 Å². The standard InChI is InChI=1S/C23H25N5O2S/c1-15-8-11-19(16(2)12-15)24-22(30)25-20(29)14-31-23-27-26-21(18-9-10-18)28(23)13-17-6-4-3-5-7-17/h3-8,11-12,18H,9-10,13-14H2,1-2H3,(H2,24,25,29,30). The van der Waals surface area contributed by atoms with Crippen LogP contribution in [0.15, 0.2) is 53.7 Å². The first-order valence-electron chi connectivity index (χ1n) is 10.3. The molecule has 1 fully saturated rings. The van der Waals surface area contributed by atoms with Crippen LogP contribution in [0.3, 0.4) is 0 Å². The maximum atomic E-state index is 12.3. The number of hydrogen-bond donors (Lipinski definition) is 2. The highest BCUT2D eigenvalue weighted by atomic mass is 32.2. The average Bonchev–Trinajstić information content (AvgIpc) is 3.51. The summed E-state index contributed by atoms with van der Waals surface area (Å²) < 4.78 is 2.08. The number of carbonyl (C=O) groups is 2. The molecular formula is C23H25N5O2S. The third-order valence-corrected chi connectivity index (χ3v) is 6.05. The van der Waals surface area contributed by atoms with E-state index in [9.17, 15) is 9.59 Å². The molecule has 4 rings (SSSR count). The number of nitrogens with one attached hydrogen (secondary N) is 2. The van der Waals surface area contributed by atoms with Gasteiger partial charge in [-0.25, -0.2) is 4.79 Å². The van der Waals surface area contributed by atoms with Gasteiger partial charge in [0, 0.05) is 11.6 Å². The van der Waals surface area contributed by atoms with Gasteiger partial charge in [0.05, 0.1) is 12.3 Å². The number of urea groups is 1. The molecule has 0 atom stereocenters. The Morgan fingerprint density at radius 2 is 1.87 bits per heavy atom. The van der Waals surface area contributed by atoms with Gasteiger partial charge in [0.15, 0.2) is 5.16 Å². The van der Waals surface area contributed by atoms with E-state index < -0.39 is 6.03 Å². The van der Waals surface area contributed by atoms with Gasteiger partial charge in [-0.1, -0.05) is 59.8 Å². The van der Waals surface area contributed by atoms with Crippen LogP contribution in [0, 0.1) is 13.8 Å². The second-order valence-electron chi connectivity index (χ2n) is 7.80. The maximum absolute atomic E-state index is 12.3. The topological polar surface area (TPSA) is 88.9 Å². The van der Waals surface area contributed by atoms with E-state index in [1.165, 1.54) is 11.8 Å². The highest BCUT2D eigenvalue weighted by Gasteiger charge is 2.30. The molecule has 1 heterocycles. The lowest BCUT2D eigenvalue weighted by atomic mass is 10.1. The fraction of sp³-hybridized carbons (Fsp3) is 0.304. The quantitative estimate of drug-likeness (QED) is 0.541. The largest absolute Gasteiger partial charge is 0.325 e. The first-order chi connectivity index (χ1) is 15.0. The van der Waals surface area contributed by atoms with Crippen LogP contribution >= 0.6 is 11.8 Å². The maximum Gasteiger partial charge on any atom is 0.325 e. The van der Waals surface area contributed by atoms with E-state index in [4.69, 9.17) is 0 Å². The number of anilines is 1. The molecular weight excluding hydrogens is 410 g/mol. The normalized spacial score (nSPS) is 13.1. The fourth-order valence-electron chi connectivity index (χ4n) is 3.37. The van der Waals surface area contributed by atoms with Crippen LogP contribution in [0.25, 0.3) is 0 Å². The molecule has 8 heteroatoms. The lowest BCUT2D eigenvalue weighted by Gasteiger charge is -2.11. The van der Waals surface area contributed by atoms with Gasteiger partial charge in [-0.05, 0) is 43.9 Å². The Morgan fingerprint density at radius 1 is 1.10 bits per heavy atom. The van der Waals surface area contributed by atoms with Gasteiger partial charge in [-0.3, -0.25) is 10.1 Å². The van der Waals surface area contributed by atoms with Gasteiger partial charge in [0.25, 0.3) is 0 Å². The molecule has 0 aliphatic heterocycles. The Morgan fingerprint density at radius 3 is 2.58 bits per heavy atom. The predicted molar refractivity (Wildman–Crippen MR) is 121 cm³/mol. The molecule has 1 aliphatic rings. The molecule has 7 nitrogen and oxygen atoms in total. The van der Waals surface area contributed by atoms with E-state index in [2.05, 4.69) is 37.5 Å². The number of benzene rings is 2. The zero-order valence-corrected chi connectivity index (χ0v) is 18.4. The van der Waals surface area contributed by atoms with Gasteiger partial charge in [-0.2, -0.15) is 0 Å². The summed E-state index contributed by atoms with van der Waals surface area (Å²) in [4.78, 5) is 24.5. The number of carbonyl (C=O) groups excluding carboxylic acids is 2. The Kier molecular flexibility index (Phi) is 6.36. The summed E-state index contributed by atoms with van der Waals surface area (Å²) in [5.41, 5.74) is 3.89. The average molecular weight is 436 g/mol. The van der Waals surface area contributed by atoms with Gasteiger partial charge >= 0.3 is 6.03 Å². The highest BCUT2D eigenvalue weighted by molar-refractivity contribution is 7.99. The summed E-state index contributed by atoms with van der Waals surface area (Å²) in [6.45, 7) is 4.57. The smallest absolute Gasteiger partial charge is 0.307 e. The molecule has 0 unspecified atom stereocenters. The van der Waals surface area contributed by atoms with Crippen molar-refractivity contribution < 1.29 is 9.59 Å². The highest BCUT2D eigenvalue weighted by Crippen LogP contribution is 2.40. The van der Waals surface area contributed by atoms with Crippen LogP contribution in [0.1, 0.15) is 41.3 Å². The number of rotatable bonds is 7. The molecule has 0 saturated heterocycles. The van der Waals surface area contributed by atoms with Crippen LogP contribution < -0.4 is 10.6 Å². The summed E-state index contributed by atoms with van der Waals surface area (Å²) in [7, 11) is 0. The Labute approximate surface area is 185 Å². The van der Waals surface area contributed by atoms with Crippen molar-refractivity contribution in [2.24, 2.45) is 0 Å². The van der Waals surface area contributed by atoms with Crippen molar-refractivity contribution in [2.75, 3.05) is 11.1 Å². The Hall–Kier alpha value is -3.13. The van der Waals surface area contributed by atoms with Crippen LogP contribution in [-0.4, -0.2) is 32.5 Å². The zero-order chi connectivity index (χ0) is 21.8. The molecule has 3 amide bonds. The van der Waals surface area contributed by atoms with E-state index in [1.54, 1.807) is 0 Å². The monoisotopic (exact) mass is 435 g/mol. The van der Waals surface area contributed by atoms with Crippen molar-refractivity contribution in [3.63, 3.8) is 0 Å². The summed E-state index contributed by atoms with van der Waals surface area (Å²) in [6, 6.07) is 15.3. The van der Waals surface area contributed by atoms with E-state index in [-0.39, 0.29) is 11.7 Å². The molecule has 2 aromatic carbocycles. The molecule has 1 saturated carbocycles. The second-order valence-corrected chi connectivity index (χ2v) is 8.74. The van der Waals surface area contributed by atoms with Crippen molar-refractivity contribution >= 4 is 29.4 Å². The lowest BCUT2D eigenvalue weighted by molar-refractivity contribution is -0.117. The summed E-state index contributed by atoms with van der Waals surface area (Å²) in [5.74, 6) is 1.12. The van der Waals surface area contributed by atoms with Gasteiger partial charge in [0.1, 0.15) is 5.82 Å². The summed E-state index contributed by atoms with van der Waals surface area (Å²) >= 11 is 1.29. The number of amides is 3. The molecule has 3 aromatic rings. The lowest BCUT2D eigenvalue weighted by Crippen LogP contribution is -2.35.